The normalized spacial score (nSPS) is 10.5. The van der Waals surface area contributed by atoms with Crippen molar-refractivity contribution in [2.75, 3.05) is 11.9 Å². The van der Waals surface area contributed by atoms with Crippen LogP contribution in [-0.2, 0) is 4.79 Å². The highest BCUT2D eigenvalue weighted by Gasteiger charge is 2.15. The molecule has 0 spiro atoms. The van der Waals surface area contributed by atoms with Gasteiger partial charge in [0.15, 0.2) is 6.61 Å². The van der Waals surface area contributed by atoms with Gasteiger partial charge in [0.1, 0.15) is 11.5 Å². The summed E-state index contributed by atoms with van der Waals surface area (Å²) in [6.45, 7) is -0.471. The molecular formula is C22H17N5O5S. The number of benzene rings is 3. The van der Waals surface area contributed by atoms with Crippen molar-refractivity contribution in [3.63, 3.8) is 0 Å². The molecule has 0 aliphatic carbocycles. The molecule has 0 saturated heterocycles. The highest BCUT2D eigenvalue weighted by Crippen LogP contribution is 2.39. The van der Waals surface area contributed by atoms with E-state index in [4.69, 9.17) is 9.84 Å². The van der Waals surface area contributed by atoms with Crippen molar-refractivity contribution in [3.05, 3.63) is 72.3 Å². The topological polar surface area (TPSA) is 150 Å². The third-order valence-corrected chi connectivity index (χ3v) is 5.54. The molecule has 33 heavy (non-hydrogen) atoms. The van der Waals surface area contributed by atoms with Gasteiger partial charge < -0.3 is 20.3 Å². The number of anilines is 1. The molecule has 0 bridgehead atoms. The van der Waals surface area contributed by atoms with Gasteiger partial charge in [-0.2, -0.15) is 5.21 Å². The van der Waals surface area contributed by atoms with E-state index < -0.39 is 18.5 Å². The van der Waals surface area contributed by atoms with Crippen LogP contribution in [-0.4, -0.2) is 49.3 Å². The number of ether oxygens (including phenoxy) is 1. The number of hydrogen-bond donors (Lipinski definition) is 4. The third kappa shape index (κ3) is 5.46. The average molecular weight is 463 g/mol. The molecule has 0 unspecified atom stereocenters. The van der Waals surface area contributed by atoms with Gasteiger partial charge in [-0.1, -0.05) is 23.9 Å². The fourth-order valence-electron chi connectivity index (χ4n) is 2.88. The maximum atomic E-state index is 12.8. The molecule has 0 fully saturated rings. The molecule has 3 aromatic carbocycles. The molecule has 1 heterocycles. The van der Waals surface area contributed by atoms with Crippen molar-refractivity contribution in [2.45, 2.75) is 9.79 Å². The number of phenolic OH excluding ortho intramolecular Hbond substituents is 1. The Hall–Kier alpha value is -4.38. The number of carboxylic acid groups (broad SMARTS) is 1. The second-order valence-electron chi connectivity index (χ2n) is 6.68. The lowest BCUT2D eigenvalue weighted by Gasteiger charge is -2.13. The first-order valence-corrected chi connectivity index (χ1v) is 10.4. The predicted octanol–water partition coefficient (Wildman–Crippen LogP) is 3.44. The van der Waals surface area contributed by atoms with Gasteiger partial charge in [-0.05, 0) is 53.7 Å². The summed E-state index contributed by atoms with van der Waals surface area (Å²) in [5, 5.41) is 35.6. The Balaban J connectivity index is 1.55. The van der Waals surface area contributed by atoms with Crippen LogP contribution in [0.2, 0.25) is 0 Å². The number of tetrazole rings is 1. The van der Waals surface area contributed by atoms with Crippen LogP contribution in [0.4, 0.5) is 5.69 Å². The summed E-state index contributed by atoms with van der Waals surface area (Å²) in [5.74, 6) is -0.725. The smallest absolute Gasteiger partial charge is 0.341 e. The summed E-state index contributed by atoms with van der Waals surface area (Å²) in [7, 11) is 0. The summed E-state index contributed by atoms with van der Waals surface area (Å²) in [5.41, 5.74) is 1.52. The number of aliphatic carboxylic acids is 1. The number of amides is 1. The van der Waals surface area contributed by atoms with E-state index in [-0.39, 0.29) is 5.75 Å². The molecule has 1 aromatic heterocycles. The van der Waals surface area contributed by atoms with Gasteiger partial charge in [0.2, 0.25) is 5.82 Å². The summed E-state index contributed by atoms with van der Waals surface area (Å²) >= 11 is 1.37. The Kier molecular flexibility index (Phi) is 6.51. The number of aromatic amines is 1. The molecule has 1 amide bonds. The lowest BCUT2D eigenvalue weighted by Crippen LogP contribution is -2.13. The quantitative estimate of drug-likeness (QED) is 0.308. The minimum Gasteiger partial charge on any atom is -0.508 e. The van der Waals surface area contributed by atoms with Crippen LogP contribution in [0.25, 0.3) is 11.4 Å². The first kappa shape index (κ1) is 21.8. The largest absolute Gasteiger partial charge is 0.508 e. The maximum Gasteiger partial charge on any atom is 0.341 e. The zero-order valence-electron chi connectivity index (χ0n) is 16.9. The van der Waals surface area contributed by atoms with Crippen LogP contribution in [0.3, 0.4) is 0 Å². The number of H-pyrrole nitrogens is 1. The number of rotatable bonds is 8. The minimum absolute atomic E-state index is 0.00137. The molecule has 4 rings (SSSR count). The molecule has 10 nitrogen and oxygen atoms in total. The fourth-order valence-corrected chi connectivity index (χ4v) is 3.89. The number of nitrogens with one attached hydrogen (secondary N) is 2. The predicted molar refractivity (Wildman–Crippen MR) is 119 cm³/mol. The molecule has 0 aliphatic rings. The maximum absolute atomic E-state index is 12.8. The van der Waals surface area contributed by atoms with Gasteiger partial charge in [-0.3, -0.25) is 4.79 Å². The van der Waals surface area contributed by atoms with Crippen molar-refractivity contribution in [3.8, 4) is 22.9 Å². The van der Waals surface area contributed by atoms with Crippen molar-refractivity contribution in [1.29, 1.82) is 0 Å². The van der Waals surface area contributed by atoms with E-state index in [1.807, 2.05) is 24.3 Å². The molecule has 4 N–H and O–H groups in total. The van der Waals surface area contributed by atoms with Crippen molar-refractivity contribution in [2.24, 2.45) is 0 Å². The molecule has 166 valence electrons. The fraction of sp³-hybridized carbons (Fsp3) is 0.0455. The van der Waals surface area contributed by atoms with Gasteiger partial charge >= 0.3 is 5.97 Å². The molecule has 0 radical (unpaired) electrons. The Morgan fingerprint density at radius 2 is 1.82 bits per heavy atom. The second-order valence-corrected chi connectivity index (χ2v) is 7.76. The van der Waals surface area contributed by atoms with E-state index in [2.05, 4.69) is 25.9 Å². The van der Waals surface area contributed by atoms with E-state index in [0.717, 1.165) is 10.5 Å². The average Bonchev–Trinajstić information content (AvgIpc) is 3.35. The summed E-state index contributed by atoms with van der Waals surface area (Å²) in [6.07, 6.45) is 0. The van der Waals surface area contributed by atoms with Crippen LogP contribution in [0.15, 0.2) is 76.5 Å². The van der Waals surface area contributed by atoms with E-state index in [1.54, 1.807) is 6.07 Å². The van der Waals surface area contributed by atoms with Crippen molar-refractivity contribution >= 4 is 29.3 Å². The number of aromatic nitrogens is 4. The van der Waals surface area contributed by atoms with Crippen LogP contribution >= 0.6 is 11.8 Å². The Morgan fingerprint density at radius 3 is 2.55 bits per heavy atom. The first-order valence-electron chi connectivity index (χ1n) is 9.59. The zero-order chi connectivity index (χ0) is 23.2. The highest BCUT2D eigenvalue weighted by molar-refractivity contribution is 7.99. The zero-order valence-corrected chi connectivity index (χ0v) is 17.7. The SMILES string of the molecule is O=C(O)COc1ccc(C(=O)Nc2cc(O)ccc2Sc2ccccc2-c2nn[nH]n2)cc1. The molecule has 4 aromatic rings. The Morgan fingerprint density at radius 1 is 1.03 bits per heavy atom. The monoisotopic (exact) mass is 463 g/mol. The van der Waals surface area contributed by atoms with E-state index in [1.165, 1.54) is 48.2 Å². The summed E-state index contributed by atoms with van der Waals surface area (Å²) in [6, 6.07) is 18.2. The number of carbonyl (C=O) groups excluding carboxylic acids is 1. The second kappa shape index (κ2) is 9.83. The van der Waals surface area contributed by atoms with Gasteiger partial charge in [-0.25, -0.2) is 4.79 Å². The van der Waals surface area contributed by atoms with E-state index in [9.17, 15) is 14.7 Å². The number of hydrogen-bond acceptors (Lipinski definition) is 8. The molecule has 0 saturated carbocycles. The first-order chi connectivity index (χ1) is 16.0. The van der Waals surface area contributed by atoms with Crippen LogP contribution in [0.5, 0.6) is 11.5 Å². The summed E-state index contributed by atoms with van der Waals surface area (Å²) in [4.78, 5) is 24.9. The van der Waals surface area contributed by atoms with Gasteiger partial charge in [-0.15, -0.1) is 10.2 Å². The highest BCUT2D eigenvalue weighted by atomic mass is 32.2. The van der Waals surface area contributed by atoms with Gasteiger partial charge in [0.25, 0.3) is 5.91 Å². The lowest BCUT2D eigenvalue weighted by atomic mass is 10.2. The molecular weight excluding hydrogens is 446 g/mol. The number of nitrogens with zero attached hydrogens (tertiary/aromatic N) is 3. The number of carbonyl (C=O) groups is 2. The van der Waals surface area contributed by atoms with Crippen LogP contribution in [0, 0.1) is 0 Å². The van der Waals surface area contributed by atoms with Crippen molar-refractivity contribution < 1.29 is 24.5 Å². The van der Waals surface area contributed by atoms with Crippen LogP contribution < -0.4 is 10.1 Å². The molecule has 11 heteroatoms. The van der Waals surface area contributed by atoms with E-state index >= 15 is 0 Å². The summed E-state index contributed by atoms with van der Waals surface area (Å²) < 4.78 is 5.08. The van der Waals surface area contributed by atoms with E-state index in [0.29, 0.717) is 27.7 Å². The minimum atomic E-state index is -1.09. The Bertz CT molecular complexity index is 1280. The molecule has 0 aliphatic heterocycles. The standard InChI is InChI=1S/C22H17N5O5S/c28-14-7-10-19(33-18-4-2-1-3-16(18)21-24-26-27-25-21)17(11-14)23-22(31)13-5-8-15(9-6-13)32-12-20(29)30/h1-11,28H,12H2,(H,23,31)(H,29,30)(H,24,25,26,27). The number of carboxylic acids is 1. The Labute approximate surface area is 191 Å². The number of aromatic hydroxyl groups is 1. The lowest BCUT2D eigenvalue weighted by molar-refractivity contribution is -0.139. The van der Waals surface area contributed by atoms with Crippen LogP contribution in [0.1, 0.15) is 10.4 Å². The third-order valence-electron chi connectivity index (χ3n) is 4.38. The van der Waals surface area contributed by atoms with Gasteiger partial charge in [0.05, 0.1) is 5.69 Å². The van der Waals surface area contributed by atoms with Crippen molar-refractivity contribution in [1.82, 2.24) is 20.6 Å². The molecule has 0 atom stereocenters. The number of phenols is 1. The van der Waals surface area contributed by atoms with Gasteiger partial charge in [0, 0.05) is 27.0 Å².